The minimum absolute atomic E-state index is 0.0574. The normalized spacial score (nSPS) is 13.6. The third-order valence-corrected chi connectivity index (χ3v) is 7.81. The number of hydrogen-bond donors (Lipinski definition) is 0. The lowest BCUT2D eigenvalue weighted by atomic mass is 10.1. The third kappa shape index (κ3) is 3.53. The summed E-state index contributed by atoms with van der Waals surface area (Å²) in [7, 11) is 1.36. The van der Waals surface area contributed by atoms with Gasteiger partial charge in [0.2, 0.25) is 0 Å². The largest absolute Gasteiger partial charge is 0.468 e. The Labute approximate surface area is 169 Å². The number of carbonyl (C=O) groups excluding carboxylic acids is 1. The lowest BCUT2D eigenvalue weighted by molar-refractivity contribution is -0.137. The summed E-state index contributed by atoms with van der Waals surface area (Å²) in [6.07, 6.45) is 1.99. The molecule has 3 aromatic rings. The molecule has 0 bridgehead atoms. The maximum Gasteiger partial charge on any atom is 0.316 e. The molecule has 4 rings (SSSR count). The highest BCUT2D eigenvalue weighted by Crippen LogP contribution is 2.40. The molecule has 0 fully saturated rings. The average molecular weight is 419 g/mol. The van der Waals surface area contributed by atoms with Crippen LogP contribution < -0.4 is 5.56 Å². The van der Waals surface area contributed by atoms with Crippen LogP contribution in [-0.2, 0) is 16.0 Å². The van der Waals surface area contributed by atoms with Gasteiger partial charge in [0.1, 0.15) is 4.83 Å². The van der Waals surface area contributed by atoms with Gasteiger partial charge >= 0.3 is 5.97 Å². The maximum absolute atomic E-state index is 13.5. The Bertz CT molecular complexity index is 1090. The first kappa shape index (κ1) is 18.6. The van der Waals surface area contributed by atoms with Crippen LogP contribution in [0.4, 0.5) is 0 Å². The van der Waals surface area contributed by atoms with E-state index in [0.717, 1.165) is 45.6 Å². The van der Waals surface area contributed by atoms with Crippen molar-refractivity contribution in [3.63, 3.8) is 0 Å². The zero-order valence-electron chi connectivity index (χ0n) is 15.0. The zero-order chi connectivity index (χ0) is 19.0. The number of esters is 1. The van der Waals surface area contributed by atoms with Crippen LogP contribution in [0.5, 0.6) is 0 Å². The molecular formula is C19H18N2O3S3. The topological polar surface area (TPSA) is 61.2 Å². The Morgan fingerprint density at radius 2 is 2.26 bits per heavy atom. The van der Waals surface area contributed by atoms with Crippen LogP contribution in [0.3, 0.4) is 0 Å². The maximum atomic E-state index is 13.5. The summed E-state index contributed by atoms with van der Waals surface area (Å²) in [5, 5.41) is 1.25. The van der Waals surface area contributed by atoms with E-state index in [2.05, 4.69) is 0 Å². The van der Waals surface area contributed by atoms with Crippen molar-refractivity contribution in [1.82, 2.24) is 9.55 Å². The van der Waals surface area contributed by atoms with E-state index >= 15 is 0 Å². The fourth-order valence-corrected chi connectivity index (χ4v) is 6.52. The molecule has 140 valence electrons. The van der Waals surface area contributed by atoms with Gasteiger partial charge in [-0.1, -0.05) is 23.9 Å². The Kier molecular flexibility index (Phi) is 5.29. The van der Waals surface area contributed by atoms with Gasteiger partial charge in [0, 0.05) is 0 Å². The highest BCUT2D eigenvalue weighted by molar-refractivity contribution is 8.01. The summed E-state index contributed by atoms with van der Waals surface area (Å²) < 4.78 is 7.58. The van der Waals surface area contributed by atoms with Crippen molar-refractivity contribution in [1.29, 1.82) is 0 Å². The molecule has 0 N–H and O–H groups in total. The first-order valence-electron chi connectivity index (χ1n) is 8.56. The molecule has 3 heterocycles. The molecule has 1 aliphatic rings. The monoisotopic (exact) mass is 418 g/mol. The molecule has 0 unspecified atom stereocenters. The predicted octanol–water partition coefficient (Wildman–Crippen LogP) is 4.06. The molecule has 0 atom stereocenters. The van der Waals surface area contributed by atoms with Gasteiger partial charge < -0.3 is 4.74 Å². The molecule has 27 heavy (non-hydrogen) atoms. The number of methoxy groups -OCH3 is 1. The van der Waals surface area contributed by atoms with E-state index in [1.807, 2.05) is 31.2 Å². The second-order valence-corrected chi connectivity index (χ2v) is 9.54. The number of carbonyl (C=O) groups is 1. The van der Waals surface area contributed by atoms with Gasteiger partial charge in [-0.2, -0.15) is 0 Å². The fraction of sp³-hybridized carbons (Fsp3) is 0.316. The molecule has 0 saturated carbocycles. The first-order chi connectivity index (χ1) is 13.1. The summed E-state index contributed by atoms with van der Waals surface area (Å²) in [5.41, 5.74) is 2.91. The van der Waals surface area contributed by atoms with Crippen LogP contribution in [0.25, 0.3) is 15.9 Å². The molecule has 0 radical (unpaired) electrons. The van der Waals surface area contributed by atoms with Crippen LogP contribution in [0.2, 0.25) is 0 Å². The van der Waals surface area contributed by atoms with Gasteiger partial charge in [-0.15, -0.1) is 23.1 Å². The van der Waals surface area contributed by atoms with Gasteiger partial charge in [0.15, 0.2) is 5.16 Å². The van der Waals surface area contributed by atoms with Gasteiger partial charge in [-0.3, -0.25) is 14.2 Å². The average Bonchev–Trinajstić information content (AvgIpc) is 3.04. The number of nitrogens with zero attached hydrogens (tertiary/aromatic N) is 2. The summed E-state index contributed by atoms with van der Waals surface area (Å²) >= 11 is 4.62. The molecular weight excluding hydrogens is 400 g/mol. The number of thiophene rings is 1. The minimum atomic E-state index is -0.342. The lowest BCUT2D eigenvalue weighted by Crippen LogP contribution is -2.22. The van der Waals surface area contributed by atoms with Crippen LogP contribution in [0, 0.1) is 6.92 Å². The van der Waals surface area contributed by atoms with Gasteiger partial charge in [0.05, 0.1) is 28.1 Å². The van der Waals surface area contributed by atoms with Crippen molar-refractivity contribution in [3.05, 3.63) is 45.7 Å². The van der Waals surface area contributed by atoms with Gasteiger partial charge in [-0.25, -0.2) is 4.98 Å². The van der Waals surface area contributed by atoms with Gasteiger partial charge in [-0.05, 0) is 48.8 Å². The van der Waals surface area contributed by atoms with E-state index < -0.39 is 0 Å². The van der Waals surface area contributed by atoms with E-state index in [9.17, 15) is 9.59 Å². The van der Waals surface area contributed by atoms with Crippen molar-refractivity contribution in [2.45, 2.75) is 29.1 Å². The summed E-state index contributed by atoms with van der Waals surface area (Å²) in [4.78, 5) is 30.7. The molecule has 8 heteroatoms. The highest BCUT2D eigenvalue weighted by atomic mass is 32.2. The number of aryl methyl sites for hydroxylation is 2. The smallest absolute Gasteiger partial charge is 0.316 e. The SMILES string of the molecule is COC(=O)CSc1nc2sc3c(c2c(=O)n1-c1cccc(C)c1)CCCS3. The van der Waals surface area contributed by atoms with Gasteiger partial charge in [0.25, 0.3) is 5.56 Å². The van der Waals surface area contributed by atoms with Crippen LogP contribution >= 0.6 is 34.9 Å². The van der Waals surface area contributed by atoms with E-state index in [1.54, 1.807) is 27.7 Å². The number of rotatable bonds is 4. The third-order valence-electron chi connectivity index (χ3n) is 4.37. The van der Waals surface area contributed by atoms with Crippen molar-refractivity contribution in [2.24, 2.45) is 0 Å². The summed E-state index contributed by atoms with van der Waals surface area (Å²) in [5.74, 6) is 0.849. The fourth-order valence-electron chi connectivity index (χ4n) is 3.10. The quantitative estimate of drug-likeness (QED) is 0.362. The molecule has 5 nitrogen and oxygen atoms in total. The number of aromatic nitrogens is 2. The second-order valence-electron chi connectivity index (χ2n) is 6.24. The Morgan fingerprint density at radius 1 is 1.41 bits per heavy atom. The molecule has 1 aliphatic heterocycles. The van der Waals surface area contributed by atoms with E-state index in [0.29, 0.717) is 5.16 Å². The first-order valence-corrected chi connectivity index (χ1v) is 11.3. The van der Waals surface area contributed by atoms with E-state index in [-0.39, 0.29) is 17.3 Å². The number of hydrogen-bond acceptors (Lipinski definition) is 7. The van der Waals surface area contributed by atoms with E-state index in [4.69, 9.17) is 9.72 Å². The number of benzene rings is 1. The van der Waals surface area contributed by atoms with Crippen LogP contribution in [0.15, 0.2) is 38.4 Å². The Morgan fingerprint density at radius 3 is 3.04 bits per heavy atom. The van der Waals surface area contributed by atoms with Crippen LogP contribution in [0.1, 0.15) is 17.5 Å². The summed E-state index contributed by atoms with van der Waals surface area (Å²) in [6.45, 7) is 1.99. The van der Waals surface area contributed by atoms with E-state index in [1.165, 1.54) is 23.1 Å². The highest BCUT2D eigenvalue weighted by Gasteiger charge is 2.23. The molecule has 0 aliphatic carbocycles. The molecule has 0 saturated heterocycles. The zero-order valence-corrected chi connectivity index (χ0v) is 17.4. The molecule has 1 aromatic carbocycles. The number of fused-ring (bicyclic) bond motifs is 3. The number of ether oxygens (including phenoxy) is 1. The molecule has 0 spiro atoms. The number of thioether (sulfide) groups is 2. The van der Waals surface area contributed by atoms with Crippen molar-refractivity contribution < 1.29 is 9.53 Å². The summed E-state index contributed by atoms with van der Waals surface area (Å²) in [6, 6.07) is 7.78. The van der Waals surface area contributed by atoms with Crippen molar-refractivity contribution >= 4 is 51.0 Å². The van der Waals surface area contributed by atoms with Crippen molar-refractivity contribution in [2.75, 3.05) is 18.6 Å². The Balaban J connectivity index is 1.94. The van der Waals surface area contributed by atoms with Crippen LogP contribution in [-0.4, -0.2) is 34.1 Å². The lowest BCUT2D eigenvalue weighted by Gasteiger charge is -2.13. The van der Waals surface area contributed by atoms with Crippen molar-refractivity contribution in [3.8, 4) is 5.69 Å². The second kappa shape index (κ2) is 7.69. The molecule has 2 aromatic heterocycles. The molecule has 0 amide bonds. The standard InChI is InChI=1S/C19H18N2O3S3/c1-11-5-3-6-12(9-11)21-17(23)15-13-7-4-8-25-18(13)27-16(15)20-19(21)26-10-14(22)24-2/h3,5-6,9H,4,7-8,10H2,1-2H3. The predicted molar refractivity (Wildman–Crippen MR) is 112 cm³/mol. The minimum Gasteiger partial charge on any atom is -0.468 e. The Hall–Kier alpha value is -1.77.